The van der Waals surface area contributed by atoms with Crippen molar-refractivity contribution >= 4 is 24.0 Å². The van der Waals surface area contributed by atoms with Gasteiger partial charge in [0.25, 0.3) is 0 Å². The number of morpholine rings is 1. The standard InChI is InChI=1S/C15H22N2O2.ClH/c1-3-12-8-13(5-4-11(12)2)17-15(18)9-14-10-16-6-7-19-14;/h4-5,8,14,16H,3,6-7,9-10H2,1-2H3,(H,17,18);1H. The molecule has 112 valence electrons. The zero-order valence-electron chi connectivity index (χ0n) is 12.1. The molecule has 2 N–H and O–H groups in total. The molecule has 0 aromatic heterocycles. The molecule has 5 heteroatoms. The van der Waals surface area contributed by atoms with Crippen molar-refractivity contribution in [2.45, 2.75) is 32.8 Å². The molecule has 1 fully saturated rings. The fraction of sp³-hybridized carbons (Fsp3) is 0.533. The van der Waals surface area contributed by atoms with E-state index >= 15 is 0 Å². The monoisotopic (exact) mass is 298 g/mol. The van der Waals surface area contributed by atoms with E-state index in [4.69, 9.17) is 4.74 Å². The number of hydrogen-bond acceptors (Lipinski definition) is 3. The number of amides is 1. The lowest BCUT2D eigenvalue weighted by atomic mass is 10.1. The third kappa shape index (κ3) is 4.78. The van der Waals surface area contributed by atoms with Crippen LogP contribution in [0, 0.1) is 6.92 Å². The number of rotatable bonds is 4. The number of aryl methyl sites for hydroxylation is 2. The van der Waals surface area contributed by atoms with E-state index in [0.717, 1.165) is 25.2 Å². The Kier molecular flexibility index (Phi) is 6.99. The Morgan fingerprint density at radius 3 is 2.95 bits per heavy atom. The Balaban J connectivity index is 0.00000200. The van der Waals surface area contributed by atoms with Crippen molar-refractivity contribution in [3.63, 3.8) is 0 Å². The van der Waals surface area contributed by atoms with E-state index in [0.29, 0.717) is 13.0 Å². The molecule has 1 aromatic rings. The van der Waals surface area contributed by atoms with E-state index in [-0.39, 0.29) is 24.4 Å². The highest BCUT2D eigenvalue weighted by Crippen LogP contribution is 2.16. The summed E-state index contributed by atoms with van der Waals surface area (Å²) in [7, 11) is 0. The van der Waals surface area contributed by atoms with Gasteiger partial charge < -0.3 is 15.4 Å². The minimum Gasteiger partial charge on any atom is -0.375 e. The average molecular weight is 299 g/mol. The van der Waals surface area contributed by atoms with Crippen molar-refractivity contribution in [2.75, 3.05) is 25.0 Å². The minimum atomic E-state index is -0.00940. The van der Waals surface area contributed by atoms with Gasteiger partial charge in [-0.15, -0.1) is 12.4 Å². The molecule has 2 rings (SSSR count). The Bertz CT molecular complexity index is 445. The van der Waals surface area contributed by atoms with Crippen LogP contribution in [-0.2, 0) is 16.0 Å². The molecule has 1 atom stereocenters. The van der Waals surface area contributed by atoms with E-state index in [1.54, 1.807) is 0 Å². The van der Waals surface area contributed by atoms with Crippen molar-refractivity contribution < 1.29 is 9.53 Å². The minimum absolute atomic E-state index is 0. The van der Waals surface area contributed by atoms with Gasteiger partial charge in [-0.05, 0) is 36.6 Å². The van der Waals surface area contributed by atoms with Crippen molar-refractivity contribution in [1.82, 2.24) is 5.32 Å². The summed E-state index contributed by atoms with van der Waals surface area (Å²) in [5.41, 5.74) is 3.41. The molecule has 0 saturated carbocycles. The third-order valence-electron chi connectivity index (χ3n) is 3.43. The SMILES string of the molecule is CCc1cc(NC(=O)CC2CNCCO2)ccc1C.Cl. The van der Waals surface area contributed by atoms with Crippen molar-refractivity contribution in [3.05, 3.63) is 29.3 Å². The van der Waals surface area contributed by atoms with Crippen LogP contribution in [0.5, 0.6) is 0 Å². The van der Waals surface area contributed by atoms with Gasteiger partial charge in [-0.1, -0.05) is 13.0 Å². The number of benzene rings is 1. The van der Waals surface area contributed by atoms with Crippen LogP contribution in [0.3, 0.4) is 0 Å². The predicted molar refractivity (Wildman–Crippen MR) is 83.7 cm³/mol. The summed E-state index contributed by atoms with van der Waals surface area (Å²) in [6.45, 7) is 6.52. The summed E-state index contributed by atoms with van der Waals surface area (Å²) in [5, 5.41) is 6.17. The van der Waals surface area contributed by atoms with Crippen LogP contribution in [0.15, 0.2) is 18.2 Å². The van der Waals surface area contributed by atoms with Crippen LogP contribution >= 0.6 is 12.4 Å². The Morgan fingerprint density at radius 2 is 2.30 bits per heavy atom. The van der Waals surface area contributed by atoms with Gasteiger partial charge in [0, 0.05) is 18.8 Å². The van der Waals surface area contributed by atoms with Crippen LogP contribution in [-0.4, -0.2) is 31.7 Å². The molecule has 1 aliphatic rings. The first-order chi connectivity index (χ1) is 9.19. The van der Waals surface area contributed by atoms with Crippen LogP contribution < -0.4 is 10.6 Å². The summed E-state index contributed by atoms with van der Waals surface area (Å²) in [6, 6.07) is 6.05. The summed E-state index contributed by atoms with van der Waals surface area (Å²) in [5.74, 6) is 0.0135. The number of carbonyl (C=O) groups is 1. The first kappa shape index (κ1) is 17.0. The summed E-state index contributed by atoms with van der Waals surface area (Å²) >= 11 is 0. The second-order valence-electron chi connectivity index (χ2n) is 4.94. The maximum absolute atomic E-state index is 11.9. The van der Waals surface area contributed by atoms with Crippen LogP contribution in [0.4, 0.5) is 5.69 Å². The van der Waals surface area contributed by atoms with Gasteiger partial charge in [0.1, 0.15) is 0 Å². The lowest BCUT2D eigenvalue weighted by Crippen LogP contribution is -2.40. The second kappa shape index (κ2) is 8.25. The van der Waals surface area contributed by atoms with Crippen LogP contribution in [0.25, 0.3) is 0 Å². The first-order valence-corrected chi connectivity index (χ1v) is 6.90. The molecular weight excluding hydrogens is 276 g/mol. The number of nitrogens with one attached hydrogen (secondary N) is 2. The van der Waals surface area contributed by atoms with Gasteiger partial charge in [-0.25, -0.2) is 0 Å². The number of anilines is 1. The maximum atomic E-state index is 11.9. The Morgan fingerprint density at radius 1 is 1.50 bits per heavy atom. The van der Waals surface area contributed by atoms with Gasteiger partial charge >= 0.3 is 0 Å². The van der Waals surface area contributed by atoms with Gasteiger partial charge in [-0.3, -0.25) is 4.79 Å². The zero-order chi connectivity index (χ0) is 13.7. The fourth-order valence-electron chi connectivity index (χ4n) is 2.30. The Hall–Kier alpha value is -1.10. The van der Waals surface area contributed by atoms with E-state index < -0.39 is 0 Å². The zero-order valence-corrected chi connectivity index (χ0v) is 12.9. The van der Waals surface area contributed by atoms with Crippen molar-refractivity contribution in [3.8, 4) is 0 Å². The molecule has 1 unspecified atom stereocenters. The topological polar surface area (TPSA) is 50.4 Å². The highest BCUT2D eigenvalue weighted by atomic mass is 35.5. The van der Waals surface area contributed by atoms with E-state index in [1.807, 2.05) is 18.2 Å². The number of ether oxygens (including phenoxy) is 1. The molecule has 1 amide bonds. The quantitative estimate of drug-likeness (QED) is 0.897. The largest absolute Gasteiger partial charge is 0.375 e. The third-order valence-corrected chi connectivity index (χ3v) is 3.43. The van der Waals surface area contributed by atoms with E-state index in [9.17, 15) is 4.79 Å². The normalized spacial score (nSPS) is 18.2. The molecule has 0 radical (unpaired) electrons. The number of halogens is 1. The molecule has 0 spiro atoms. The molecule has 20 heavy (non-hydrogen) atoms. The van der Waals surface area contributed by atoms with E-state index in [2.05, 4.69) is 24.5 Å². The fourth-order valence-corrected chi connectivity index (χ4v) is 2.30. The Labute approximate surface area is 126 Å². The lowest BCUT2D eigenvalue weighted by Gasteiger charge is -2.23. The molecule has 0 aliphatic carbocycles. The van der Waals surface area contributed by atoms with Crippen molar-refractivity contribution in [2.24, 2.45) is 0 Å². The average Bonchev–Trinajstić information content (AvgIpc) is 2.42. The second-order valence-corrected chi connectivity index (χ2v) is 4.94. The van der Waals surface area contributed by atoms with Crippen LogP contribution in [0.1, 0.15) is 24.5 Å². The van der Waals surface area contributed by atoms with Gasteiger partial charge in [0.2, 0.25) is 5.91 Å². The number of carbonyl (C=O) groups excluding carboxylic acids is 1. The predicted octanol–water partition coefficient (Wildman–Crippen LogP) is 2.30. The highest BCUT2D eigenvalue weighted by molar-refractivity contribution is 5.91. The van der Waals surface area contributed by atoms with Gasteiger partial charge in [-0.2, -0.15) is 0 Å². The smallest absolute Gasteiger partial charge is 0.227 e. The molecular formula is C15H23ClN2O2. The van der Waals surface area contributed by atoms with Crippen molar-refractivity contribution in [1.29, 1.82) is 0 Å². The molecule has 1 aromatic carbocycles. The van der Waals surface area contributed by atoms with Crippen LogP contribution in [0.2, 0.25) is 0 Å². The summed E-state index contributed by atoms with van der Waals surface area (Å²) in [6.07, 6.45) is 1.37. The van der Waals surface area contributed by atoms with Gasteiger partial charge in [0.05, 0.1) is 19.1 Å². The molecule has 1 aliphatic heterocycles. The lowest BCUT2D eigenvalue weighted by molar-refractivity contribution is -0.119. The van der Waals surface area contributed by atoms with E-state index in [1.165, 1.54) is 11.1 Å². The first-order valence-electron chi connectivity index (χ1n) is 6.90. The molecule has 1 heterocycles. The summed E-state index contributed by atoms with van der Waals surface area (Å²) < 4.78 is 5.53. The molecule has 0 bridgehead atoms. The highest BCUT2D eigenvalue weighted by Gasteiger charge is 2.17. The van der Waals surface area contributed by atoms with Gasteiger partial charge in [0.15, 0.2) is 0 Å². The molecule has 1 saturated heterocycles. The summed E-state index contributed by atoms with van der Waals surface area (Å²) in [4.78, 5) is 11.9. The molecule has 4 nitrogen and oxygen atoms in total. The maximum Gasteiger partial charge on any atom is 0.227 e. The number of hydrogen-bond donors (Lipinski definition) is 2.